The maximum atomic E-state index is 12.5. The Morgan fingerprint density at radius 2 is 1.85 bits per heavy atom. The molecule has 0 saturated carbocycles. The van der Waals surface area contributed by atoms with Gasteiger partial charge in [0, 0.05) is 11.9 Å². The molecular formula is C21H19ClN2O3. The van der Waals surface area contributed by atoms with Gasteiger partial charge >= 0.3 is 5.97 Å². The number of halogens is 1. The number of aromatic nitrogens is 1. The molecule has 0 bridgehead atoms. The Morgan fingerprint density at radius 3 is 2.59 bits per heavy atom. The number of ether oxygens (including phenoxy) is 1. The Hall–Kier alpha value is -2.92. The van der Waals surface area contributed by atoms with E-state index in [1.807, 2.05) is 37.3 Å². The number of carbonyl (C=O) groups excluding carboxylic acids is 2. The molecule has 0 fully saturated rings. The number of carbonyl (C=O) groups is 2. The first kappa shape index (κ1) is 18.9. The van der Waals surface area contributed by atoms with E-state index in [2.05, 4.69) is 10.3 Å². The summed E-state index contributed by atoms with van der Waals surface area (Å²) in [6.45, 7) is 3.90. The van der Waals surface area contributed by atoms with E-state index in [1.54, 1.807) is 18.2 Å². The van der Waals surface area contributed by atoms with Gasteiger partial charge in [-0.1, -0.05) is 59.6 Å². The number of amides is 1. The summed E-state index contributed by atoms with van der Waals surface area (Å²) in [5.41, 5.74) is 2.99. The average molecular weight is 383 g/mol. The number of rotatable bonds is 5. The molecule has 1 N–H and O–H groups in total. The first-order valence-corrected chi connectivity index (χ1v) is 8.91. The molecule has 1 atom stereocenters. The lowest BCUT2D eigenvalue weighted by Gasteiger charge is -2.14. The maximum Gasteiger partial charge on any atom is 0.339 e. The van der Waals surface area contributed by atoms with Crippen LogP contribution in [0.5, 0.6) is 0 Å². The number of esters is 1. The zero-order valence-electron chi connectivity index (χ0n) is 15.0. The fraction of sp³-hybridized carbons (Fsp3) is 0.190. The van der Waals surface area contributed by atoms with Crippen molar-refractivity contribution in [2.75, 3.05) is 0 Å². The number of para-hydroxylation sites is 1. The monoisotopic (exact) mass is 382 g/mol. The van der Waals surface area contributed by atoms with Crippen LogP contribution in [0.4, 0.5) is 0 Å². The number of hydrogen-bond donors (Lipinski definition) is 1. The van der Waals surface area contributed by atoms with Gasteiger partial charge in [-0.2, -0.15) is 0 Å². The molecule has 1 amide bonds. The highest BCUT2D eigenvalue weighted by molar-refractivity contribution is 6.30. The van der Waals surface area contributed by atoms with Crippen molar-refractivity contribution >= 4 is 34.4 Å². The predicted molar refractivity (Wildman–Crippen MR) is 105 cm³/mol. The Morgan fingerprint density at radius 1 is 1.15 bits per heavy atom. The van der Waals surface area contributed by atoms with Gasteiger partial charge in [-0.05, 0) is 31.5 Å². The van der Waals surface area contributed by atoms with Gasteiger partial charge in [-0.3, -0.25) is 4.79 Å². The van der Waals surface area contributed by atoms with Crippen molar-refractivity contribution in [2.24, 2.45) is 0 Å². The van der Waals surface area contributed by atoms with E-state index in [1.165, 1.54) is 13.0 Å². The number of pyridine rings is 1. The van der Waals surface area contributed by atoms with Gasteiger partial charge in [0.05, 0.1) is 11.1 Å². The van der Waals surface area contributed by atoms with E-state index in [9.17, 15) is 9.59 Å². The molecule has 1 aromatic heterocycles. The molecule has 0 aliphatic heterocycles. The smallest absolute Gasteiger partial charge is 0.339 e. The van der Waals surface area contributed by atoms with Crippen LogP contribution in [0, 0.1) is 6.92 Å². The Labute approximate surface area is 162 Å². The van der Waals surface area contributed by atoms with Crippen molar-refractivity contribution in [2.45, 2.75) is 26.5 Å². The van der Waals surface area contributed by atoms with E-state index >= 15 is 0 Å². The minimum atomic E-state index is -0.936. The van der Waals surface area contributed by atoms with Crippen molar-refractivity contribution in [3.05, 3.63) is 76.4 Å². The van der Waals surface area contributed by atoms with E-state index in [0.29, 0.717) is 17.4 Å². The van der Waals surface area contributed by atoms with Gasteiger partial charge in [0.1, 0.15) is 5.15 Å². The fourth-order valence-corrected chi connectivity index (χ4v) is 2.83. The molecule has 0 radical (unpaired) electrons. The zero-order chi connectivity index (χ0) is 19.4. The lowest BCUT2D eigenvalue weighted by molar-refractivity contribution is -0.129. The Balaban J connectivity index is 1.66. The lowest BCUT2D eigenvalue weighted by Crippen LogP contribution is -2.35. The van der Waals surface area contributed by atoms with Crippen LogP contribution in [0.1, 0.15) is 28.4 Å². The second kappa shape index (κ2) is 8.18. The number of aryl methyl sites for hydroxylation is 1. The maximum absolute atomic E-state index is 12.5. The summed E-state index contributed by atoms with van der Waals surface area (Å²) in [5, 5.41) is 3.58. The quantitative estimate of drug-likeness (QED) is 0.533. The van der Waals surface area contributed by atoms with Crippen LogP contribution in [0.2, 0.25) is 5.15 Å². The van der Waals surface area contributed by atoms with Crippen molar-refractivity contribution in [1.29, 1.82) is 0 Å². The van der Waals surface area contributed by atoms with Crippen LogP contribution < -0.4 is 5.32 Å². The summed E-state index contributed by atoms with van der Waals surface area (Å²) < 4.78 is 5.33. The van der Waals surface area contributed by atoms with Crippen LogP contribution in [-0.4, -0.2) is 23.0 Å². The van der Waals surface area contributed by atoms with Crippen molar-refractivity contribution in [3.63, 3.8) is 0 Å². The van der Waals surface area contributed by atoms with E-state index in [4.69, 9.17) is 16.3 Å². The zero-order valence-corrected chi connectivity index (χ0v) is 15.8. The van der Waals surface area contributed by atoms with Crippen LogP contribution in [0.3, 0.4) is 0 Å². The topological polar surface area (TPSA) is 68.3 Å². The number of nitrogens with zero attached hydrogens (tertiary/aromatic N) is 1. The summed E-state index contributed by atoms with van der Waals surface area (Å²) in [6.07, 6.45) is -0.936. The van der Waals surface area contributed by atoms with Crippen LogP contribution in [0.25, 0.3) is 10.9 Å². The predicted octanol–water partition coefficient (Wildman–Crippen LogP) is 4.06. The third-order valence-electron chi connectivity index (χ3n) is 4.15. The van der Waals surface area contributed by atoms with Gasteiger partial charge in [-0.15, -0.1) is 0 Å². The van der Waals surface area contributed by atoms with Gasteiger partial charge < -0.3 is 10.1 Å². The summed E-state index contributed by atoms with van der Waals surface area (Å²) in [4.78, 5) is 29.0. The molecule has 138 valence electrons. The minimum Gasteiger partial charge on any atom is -0.449 e. The molecule has 3 aromatic rings. The molecule has 0 saturated heterocycles. The normalized spacial score (nSPS) is 11.8. The molecule has 0 aliphatic rings. The van der Waals surface area contributed by atoms with Gasteiger partial charge in [0.25, 0.3) is 5.91 Å². The SMILES string of the molecule is Cc1ccc(CNC(=O)[C@@H](C)OC(=O)c2cc(Cl)nc3ccccc23)cc1. The third-order valence-corrected chi connectivity index (χ3v) is 4.34. The molecule has 0 unspecified atom stereocenters. The highest BCUT2D eigenvalue weighted by Gasteiger charge is 2.21. The fourth-order valence-electron chi connectivity index (χ4n) is 2.63. The minimum absolute atomic E-state index is 0.192. The molecule has 2 aromatic carbocycles. The van der Waals surface area contributed by atoms with Crippen LogP contribution in [-0.2, 0) is 16.1 Å². The number of fused-ring (bicyclic) bond motifs is 1. The molecule has 3 rings (SSSR count). The number of benzene rings is 2. The molecular weight excluding hydrogens is 364 g/mol. The Bertz CT molecular complexity index is 986. The molecule has 6 heteroatoms. The number of nitrogens with one attached hydrogen (secondary N) is 1. The average Bonchev–Trinajstić information content (AvgIpc) is 2.66. The van der Waals surface area contributed by atoms with Crippen molar-refractivity contribution in [3.8, 4) is 0 Å². The summed E-state index contributed by atoms with van der Waals surface area (Å²) in [5.74, 6) is -0.984. The van der Waals surface area contributed by atoms with E-state index < -0.39 is 12.1 Å². The Kier molecular flexibility index (Phi) is 5.72. The van der Waals surface area contributed by atoms with Gasteiger partial charge in [0.2, 0.25) is 0 Å². The van der Waals surface area contributed by atoms with Gasteiger partial charge in [-0.25, -0.2) is 9.78 Å². The standard InChI is InChI=1S/C21H19ClN2O3/c1-13-7-9-15(10-8-13)12-23-20(25)14(2)27-21(26)17-11-19(22)24-18-6-4-3-5-16(17)18/h3-11,14H,12H2,1-2H3,(H,23,25)/t14-/m1/s1. The summed E-state index contributed by atoms with van der Waals surface area (Å²) in [6, 6.07) is 16.4. The van der Waals surface area contributed by atoms with Crippen molar-refractivity contribution in [1.82, 2.24) is 10.3 Å². The summed E-state index contributed by atoms with van der Waals surface area (Å²) >= 11 is 6.00. The first-order chi connectivity index (χ1) is 12.9. The highest BCUT2D eigenvalue weighted by atomic mass is 35.5. The largest absolute Gasteiger partial charge is 0.449 e. The van der Waals surface area contributed by atoms with E-state index in [0.717, 1.165) is 11.1 Å². The molecule has 5 nitrogen and oxygen atoms in total. The second-order valence-corrected chi connectivity index (χ2v) is 6.65. The molecule has 1 heterocycles. The second-order valence-electron chi connectivity index (χ2n) is 6.26. The molecule has 0 spiro atoms. The van der Waals surface area contributed by atoms with Crippen LogP contribution >= 0.6 is 11.6 Å². The number of hydrogen-bond acceptors (Lipinski definition) is 4. The van der Waals surface area contributed by atoms with Crippen molar-refractivity contribution < 1.29 is 14.3 Å². The van der Waals surface area contributed by atoms with Gasteiger partial charge in [0.15, 0.2) is 6.10 Å². The third kappa shape index (κ3) is 4.63. The van der Waals surface area contributed by atoms with E-state index in [-0.39, 0.29) is 16.6 Å². The highest BCUT2D eigenvalue weighted by Crippen LogP contribution is 2.22. The lowest BCUT2D eigenvalue weighted by atomic mass is 10.1. The van der Waals surface area contributed by atoms with Crippen LogP contribution in [0.15, 0.2) is 54.6 Å². The molecule has 27 heavy (non-hydrogen) atoms. The summed E-state index contributed by atoms with van der Waals surface area (Å²) in [7, 11) is 0. The molecule has 0 aliphatic carbocycles. The first-order valence-electron chi connectivity index (χ1n) is 8.53.